The second-order valence-electron chi connectivity index (χ2n) is 4.26. The molecule has 0 radical (unpaired) electrons. The minimum atomic E-state index is -2.99. The Morgan fingerprint density at radius 2 is 2.17 bits per heavy atom. The zero-order chi connectivity index (χ0) is 13.8. The maximum Gasteiger partial charge on any atom is 0.354 e. The van der Waals surface area contributed by atoms with E-state index in [2.05, 4.69) is 15.0 Å². The molecule has 0 fully saturated rings. The fourth-order valence-electron chi connectivity index (χ4n) is 1.57. The van der Waals surface area contributed by atoms with E-state index in [-0.39, 0.29) is 11.8 Å². The lowest BCUT2D eigenvalue weighted by Crippen LogP contribution is -2.32. The van der Waals surface area contributed by atoms with Gasteiger partial charge >= 0.3 is 5.97 Å². The Labute approximate surface area is 107 Å². The van der Waals surface area contributed by atoms with Gasteiger partial charge < -0.3 is 15.0 Å². The monoisotopic (exact) mass is 274 g/mol. The van der Waals surface area contributed by atoms with Crippen LogP contribution in [0.4, 0.5) is 0 Å². The van der Waals surface area contributed by atoms with Crippen LogP contribution in [0, 0.1) is 0 Å². The number of carbonyl (C=O) groups is 1. The van der Waals surface area contributed by atoms with E-state index < -0.39 is 15.8 Å². The molecule has 7 heteroatoms. The molecular formula is C11H18N2O4S. The molecule has 1 rings (SSSR count). The zero-order valence-electron chi connectivity index (χ0n) is 10.7. The fraction of sp³-hybridized carbons (Fsp3) is 0.545. The van der Waals surface area contributed by atoms with Crippen molar-refractivity contribution in [1.82, 2.24) is 10.3 Å². The minimum absolute atomic E-state index is 0.0809. The van der Waals surface area contributed by atoms with Crippen molar-refractivity contribution in [2.75, 3.05) is 19.1 Å². The Hall–Kier alpha value is -1.34. The van der Waals surface area contributed by atoms with E-state index in [1.807, 2.05) is 0 Å². The van der Waals surface area contributed by atoms with Gasteiger partial charge in [-0.15, -0.1) is 0 Å². The third-order valence-corrected chi connectivity index (χ3v) is 3.45. The van der Waals surface area contributed by atoms with Gasteiger partial charge in [-0.2, -0.15) is 0 Å². The summed E-state index contributed by atoms with van der Waals surface area (Å²) < 4.78 is 26.7. The van der Waals surface area contributed by atoms with Crippen LogP contribution < -0.4 is 5.32 Å². The SMILES string of the molecule is COC(=O)c1ccc(CNC(C)CS(C)(=O)=O)[nH]1. The Morgan fingerprint density at radius 3 is 2.72 bits per heavy atom. The van der Waals surface area contributed by atoms with Crippen LogP contribution in [0.15, 0.2) is 12.1 Å². The van der Waals surface area contributed by atoms with Crippen molar-refractivity contribution in [3.05, 3.63) is 23.5 Å². The summed E-state index contributed by atoms with van der Waals surface area (Å²) in [5, 5.41) is 3.06. The number of aromatic nitrogens is 1. The van der Waals surface area contributed by atoms with Crippen LogP contribution in [-0.4, -0.2) is 44.5 Å². The number of sulfone groups is 1. The van der Waals surface area contributed by atoms with Gasteiger partial charge in [-0.05, 0) is 19.1 Å². The fourth-order valence-corrected chi connectivity index (χ4v) is 2.60. The Bertz CT molecular complexity index is 507. The van der Waals surface area contributed by atoms with Crippen molar-refractivity contribution in [1.29, 1.82) is 0 Å². The summed E-state index contributed by atoms with van der Waals surface area (Å²) in [7, 11) is -1.67. The first kappa shape index (κ1) is 14.7. The second-order valence-corrected chi connectivity index (χ2v) is 6.45. The normalized spacial score (nSPS) is 13.3. The first-order valence-corrected chi connectivity index (χ1v) is 7.55. The van der Waals surface area contributed by atoms with E-state index in [9.17, 15) is 13.2 Å². The van der Waals surface area contributed by atoms with Gasteiger partial charge in [-0.3, -0.25) is 0 Å². The Kier molecular flexibility index (Phi) is 4.92. The molecule has 1 unspecified atom stereocenters. The quantitative estimate of drug-likeness (QED) is 0.730. The zero-order valence-corrected chi connectivity index (χ0v) is 11.5. The van der Waals surface area contributed by atoms with Crippen molar-refractivity contribution in [2.24, 2.45) is 0 Å². The highest BCUT2D eigenvalue weighted by atomic mass is 32.2. The summed E-state index contributed by atoms with van der Waals surface area (Å²) in [6.07, 6.45) is 1.20. The standard InChI is InChI=1S/C11H18N2O4S/c1-8(7-18(3,15)16)12-6-9-4-5-10(13-9)11(14)17-2/h4-5,8,12-13H,6-7H2,1-3H3. The van der Waals surface area contributed by atoms with Gasteiger partial charge in [0.05, 0.1) is 12.9 Å². The first-order chi connectivity index (χ1) is 8.31. The Morgan fingerprint density at radius 1 is 1.50 bits per heavy atom. The third kappa shape index (κ3) is 4.89. The number of esters is 1. The largest absolute Gasteiger partial charge is 0.464 e. The van der Waals surface area contributed by atoms with Gasteiger partial charge in [0.25, 0.3) is 0 Å². The summed E-state index contributed by atoms with van der Waals surface area (Å²) in [5.41, 5.74) is 1.18. The number of nitrogens with one attached hydrogen (secondary N) is 2. The maximum atomic E-state index is 11.2. The molecule has 0 bridgehead atoms. The van der Waals surface area contributed by atoms with Crippen LogP contribution >= 0.6 is 0 Å². The number of rotatable bonds is 6. The number of ether oxygens (including phenoxy) is 1. The van der Waals surface area contributed by atoms with Gasteiger partial charge in [-0.25, -0.2) is 13.2 Å². The van der Waals surface area contributed by atoms with Crippen LogP contribution in [0.3, 0.4) is 0 Å². The van der Waals surface area contributed by atoms with E-state index in [1.165, 1.54) is 13.4 Å². The number of methoxy groups -OCH3 is 1. The van der Waals surface area contributed by atoms with E-state index in [0.29, 0.717) is 12.2 Å². The summed E-state index contributed by atoms with van der Waals surface area (Å²) in [6.45, 7) is 2.26. The van der Waals surface area contributed by atoms with Gasteiger partial charge in [0.1, 0.15) is 15.5 Å². The number of hydrogen-bond acceptors (Lipinski definition) is 5. The average Bonchev–Trinajstić information content (AvgIpc) is 2.71. The lowest BCUT2D eigenvalue weighted by molar-refractivity contribution is 0.0594. The van der Waals surface area contributed by atoms with E-state index in [0.717, 1.165) is 5.69 Å². The van der Waals surface area contributed by atoms with Crippen LogP contribution in [0.25, 0.3) is 0 Å². The molecular weight excluding hydrogens is 256 g/mol. The number of hydrogen-bond donors (Lipinski definition) is 2. The molecule has 0 aliphatic rings. The van der Waals surface area contributed by atoms with Crippen LogP contribution in [0.1, 0.15) is 23.1 Å². The highest BCUT2D eigenvalue weighted by molar-refractivity contribution is 7.90. The lowest BCUT2D eigenvalue weighted by atomic mass is 10.3. The second kappa shape index (κ2) is 6.01. The van der Waals surface area contributed by atoms with Gasteiger partial charge in [0.15, 0.2) is 0 Å². The topological polar surface area (TPSA) is 88.3 Å². The highest BCUT2D eigenvalue weighted by Gasteiger charge is 2.11. The summed E-state index contributed by atoms with van der Waals surface area (Å²) in [4.78, 5) is 14.1. The van der Waals surface area contributed by atoms with Crippen LogP contribution in [-0.2, 0) is 21.1 Å². The average molecular weight is 274 g/mol. The van der Waals surface area contributed by atoms with Crippen LogP contribution in [0.2, 0.25) is 0 Å². The lowest BCUT2D eigenvalue weighted by Gasteiger charge is -2.11. The smallest absolute Gasteiger partial charge is 0.354 e. The molecule has 1 aromatic rings. The van der Waals surface area contributed by atoms with E-state index in [1.54, 1.807) is 19.1 Å². The molecule has 0 aliphatic heterocycles. The summed E-state index contributed by atoms with van der Waals surface area (Å²) in [6, 6.07) is 3.24. The molecule has 102 valence electrons. The number of H-pyrrole nitrogens is 1. The van der Waals surface area contributed by atoms with Gasteiger partial charge in [0, 0.05) is 24.5 Å². The molecule has 2 N–H and O–H groups in total. The maximum absolute atomic E-state index is 11.2. The summed E-state index contributed by atoms with van der Waals surface area (Å²) in [5.74, 6) is -0.345. The highest BCUT2D eigenvalue weighted by Crippen LogP contribution is 2.03. The molecule has 0 saturated heterocycles. The van der Waals surface area contributed by atoms with E-state index >= 15 is 0 Å². The third-order valence-electron chi connectivity index (χ3n) is 2.35. The van der Waals surface area contributed by atoms with Crippen molar-refractivity contribution < 1.29 is 17.9 Å². The Balaban J connectivity index is 2.49. The molecule has 6 nitrogen and oxygen atoms in total. The van der Waals surface area contributed by atoms with Crippen molar-refractivity contribution in [3.8, 4) is 0 Å². The molecule has 18 heavy (non-hydrogen) atoms. The summed E-state index contributed by atoms with van der Waals surface area (Å²) >= 11 is 0. The molecule has 0 saturated carbocycles. The van der Waals surface area contributed by atoms with Gasteiger partial charge in [-0.1, -0.05) is 0 Å². The molecule has 0 aromatic carbocycles. The molecule has 0 aliphatic carbocycles. The molecule has 1 atom stereocenters. The number of aromatic amines is 1. The van der Waals surface area contributed by atoms with Crippen molar-refractivity contribution in [2.45, 2.75) is 19.5 Å². The molecule has 0 amide bonds. The number of carbonyl (C=O) groups excluding carboxylic acids is 1. The van der Waals surface area contributed by atoms with Crippen LogP contribution in [0.5, 0.6) is 0 Å². The first-order valence-electron chi connectivity index (χ1n) is 5.49. The molecule has 0 spiro atoms. The molecule has 1 aromatic heterocycles. The van der Waals surface area contributed by atoms with Crippen molar-refractivity contribution >= 4 is 15.8 Å². The predicted octanol–water partition coefficient (Wildman–Crippen LogP) is 0.324. The van der Waals surface area contributed by atoms with Crippen molar-refractivity contribution in [3.63, 3.8) is 0 Å². The minimum Gasteiger partial charge on any atom is -0.464 e. The molecule has 1 heterocycles. The van der Waals surface area contributed by atoms with E-state index in [4.69, 9.17) is 0 Å². The van der Waals surface area contributed by atoms with Gasteiger partial charge in [0.2, 0.25) is 0 Å². The predicted molar refractivity (Wildman–Crippen MR) is 68.1 cm³/mol.